The lowest BCUT2D eigenvalue weighted by Crippen LogP contribution is -2.29. The average Bonchev–Trinajstić information content (AvgIpc) is 1.83. The predicted molar refractivity (Wildman–Crippen MR) is 47.6 cm³/mol. The smallest absolute Gasteiger partial charge is 0.0786 e. The van der Waals surface area contributed by atoms with Crippen LogP contribution in [-0.4, -0.2) is 15.5 Å². The van der Waals surface area contributed by atoms with Crippen molar-refractivity contribution in [3.05, 3.63) is 0 Å². The Hall–Kier alpha value is 0.200. The molecule has 0 saturated carbocycles. The third-order valence-corrected chi connectivity index (χ3v) is 2.96. The zero-order valence-electron chi connectivity index (χ0n) is 5.71. The summed E-state index contributed by atoms with van der Waals surface area (Å²) < 4.78 is 1.99. The molecule has 0 fully saturated rings. The molecular formula is C6H11IN2. The first kappa shape index (κ1) is 7.31. The number of hydrogen-bond donors (Lipinski definition) is 0. The van der Waals surface area contributed by atoms with Crippen LogP contribution in [0.15, 0.2) is 5.10 Å². The summed E-state index contributed by atoms with van der Waals surface area (Å²) in [5.74, 6) is 0.749. The molecule has 0 bridgehead atoms. The Morgan fingerprint density at radius 3 is 2.78 bits per heavy atom. The molecule has 0 aromatic rings. The third kappa shape index (κ3) is 1.56. The molecule has 0 spiro atoms. The molecule has 2 atom stereocenters. The number of hydrazone groups is 1. The van der Waals surface area contributed by atoms with Crippen molar-refractivity contribution in [1.82, 2.24) is 3.22 Å². The fourth-order valence-electron chi connectivity index (χ4n) is 0.803. The topological polar surface area (TPSA) is 15.6 Å². The van der Waals surface area contributed by atoms with E-state index in [1.54, 1.807) is 0 Å². The third-order valence-electron chi connectivity index (χ3n) is 1.83. The Morgan fingerprint density at radius 2 is 2.33 bits per heavy atom. The van der Waals surface area contributed by atoms with Crippen molar-refractivity contribution in [3.8, 4) is 0 Å². The lowest BCUT2D eigenvalue weighted by atomic mass is 10.0. The number of nitrogens with zero attached hydrogens (tertiary/aromatic N) is 2. The van der Waals surface area contributed by atoms with Crippen LogP contribution in [-0.2, 0) is 0 Å². The standard InChI is InChI=1S/C6H11IN2/c1-5-3-4-8-9(7)6(5)2/h4-6H,3H2,1-2H3/t5-,6?/m0/s1. The van der Waals surface area contributed by atoms with Crippen molar-refractivity contribution < 1.29 is 0 Å². The van der Waals surface area contributed by atoms with Gasteiger partial charge in [-0.3, -0.25) is 0 Å². The molecule has 0 amide bonds. The second-order valence-corrected chi connectivity index (χ2v) is 3.53. The quantitative estimate of drug-likeness (QED) is 0.465. The van der Waals surface area contributed by atoms with Gasteiger partial charge >= 0.3 is 0 Å². The fourth-order valence-corrected chi connectivity index (χ4v) is 1.53. The van der Waals surface area contributed by atoms with Gasteiger partial charge in [-0.1, -0.05) is 6.92 Å². The Balaban J connectivity index is 2.58. The summed E-state index contributed by atoms with van der Waals surface area (Å²) in [5, 5.41) is 4.16. The van der Waals surface area contributed by atoms with Gasteiger partial charge in [-0.05, 0) is 19.3 Å². The highest BCUT2D eigenvalue weighted by Crippen LogP contribution is 2.21. The summed E-state index contributed by atoms with van der Waals surface area (Å²) in [7, 11) is 0. The molecule has 9 heavy (non-hydrogen) atoms. The monoisotopic (exact) mass is 238 g/mol. The molecule has 1 aliphatic rings. The molecule has 1 unspecified atom stereocenters. The summed E-state index contributed by atoms with van der Waals surface area (Å²) in [5.41, 5.74) is 0. The molecule has 0 radical (unpaired) electrons. The van der Waals surface area contributed by atoms with E-state index in [2.05, 4.69) is 41.8 Å². The van der Waals surface area contributed by atoms with Gasteiger partial charge in [0.15, 0.2) is 0 Å². The van der Waals surface area contributed by atoms with Crippen LogP contribution in [0.25, 0.3) is 0 Å². The van der Waals surface area contributed by atoms with Crippen LogP contribution in [0.3, 0.4) is 0 Å². The molecular weight excluding hydrogens is 227 g/mol. The molecule has 3 heteroatoms. The molecule has 0 aromatic heterocycles. The molecule has 1 aliphatic heterocycles. The highest BCUT2D eigenvalue weighted by Gasteiger charge is 2.18. The maximum atomic E-state index is 4.16. The van der Waals surface area contributed by atoms with Gasteiger partial charge in [0.05, 0.1) is 28.9 Å². The van der Waals surface area contributed by atoms with E-state index in [1.165, 1.54) is 0 Å². The first-order valence-electron chi connectivity index (χ1n) is 3.19. The minimum Gasteiger partial charge on any atom is -0.234 e. The zero-order chi connectivity index (χ0) is 6.85. The van der Waals surface area contributed by atoms with Gasteiger partial charge in [0.2, 0.25) is 0 Å². The van der Waals surface area contributed by atoms with E-state index in [4.69, 9.17) is 0 Å². The van der Waals surface area contributed by atoms with Crippen molar-refractivity contribution in [2.75, 3.05) is 0 Å². The van der Waals surface area contributed by atoms with E-state index in [0.29, 0.717) is 6.04 Å². The summed E-state index contributed by atoms with van der Waals surface area (Å²) in [6, 6.07) is 0.593. The van der Waals surface area contributed by atoms with Crippen molar-refractivity contribution in [1.29, 1.82) is 0 Å². The van der Waals surface area contributed by atoms with E-state index in [-0.39, 0.29) is 0 Å². The van der Waals surface area contributed by atoms with Crippen molar-refractivity contribution in [3.63, 3.8) is 0 Å². The first-order chi connectivity index (χ1) is 4.22. The second kappa shape index (κ2) is 2.86. The van der Waals surface area contributed by atoms with Crippen molar-refractivity contribution in [2.45, 2.75) is 26.3 Å². The Labute approximate surface area is 69.8 Å². The van der Waals surface area contributed by atoms with Gasteiger partial charge in [-0.2, -0.15) is 5.10 Å². The maximum absolute atomic E-state index is 4.16. The van der Waals surface area contributed by atoms with Gasteiger partial charge < -0.3 is 0 Å². The van der Waals surface area contributed by atoms with Crippen LogP contribution in [0.2, 0.25) is 0 Å². The SMILES string of the molecule is CC1[C@@H](C)CC=NN1I. The Kier molecular flexibility index (Phi) is 2.32. The Morgan fingerprint density at radius 1 is 1.67 bits per heavy atom. The first-order valence-corrected chi connectivity index (χ1v) is 4.15. The van der Waals surface area contributed by atoms with Crippen LogP contribution >= 0.6 is 22.9 Å². The van der Waals surface area contributed by atoms with E-state index >= 15 is 0 Å². The van der Waals surface area contributed by atoms with Crippen LogP contribution < -0.4 is 0 Å². The Bertz CT molecular complexity index is 124. The number of hydrogen-bond acceptors (Lipinski definition) is 2. The van der Waals surface area contributed by atoms with Gasteiger partial charge in [0.1, 0.15) is 0 Å². The fraction of sp³-hybridized carbons (Fsp3) is 0.833. The van der Waals surface area contributed by atoms with E-state index < -0.39 is 0 Å². The van der Waals surface area contributed by atoms with E-state index in [9.17, 15) is 0 Å². The minimum atomic E-state index is 0.593. The predicted octanol–water partition coefficient (Wildman–Crippen LogP) is 2.05. The maximum Gasteiger partial charge on any atom is 0.0786 e. The molecule has 0 aliphatic carbocycles. The highest BCUT2D eigenvalue weighted by atomic mass is 127. The van der Waals surface area contributed by atoms with Crippen LogP contribution in [0, 0.1) is 5.92 Å². The van der Waals surface area contributed by atoms with Gasteiger partial charge in [-0.25, -0.2) is 3.22 Å². The second-order valence-electron chi connectivity index (χ2n) is 2.54. The summed E-state index contributed by atoms with van der Waals surface area (Å²) >= 11 is 2.23. The lowest BCUT2D eigenvalue weighted by molar-refractivity contribution is 0.307. The summed E-state index contributed by atoms with van der Waals surface area (Å²) in [6.45, 7) is 4.45. The molecule has 52 valence electrons. The van der Waals surface area contributed by atoms with Gasteiger partial charge in [-0.15, -0.1) is 0 Å². The molecule has 0 saturated heterocycles. The van der Waals surface area contributed by atoms with Crippen molar-refractivity contribution >= 4 is 29.1 Å². The molecule has 0 aromatic carbocycles. The zero-order valence-corrected chi connectivity index (χ0v) is 7.87. The number of rotatable bonds is 0. The lowest BCUT2D eigenvalue weighted by Gasteiger charge is -2.27. The average molecular weight is 238 g/mol. The van der Waals surface area contributed by atoms with Crippen LogP contribution in [0.5, 0.6) is 0 Å². The van der Waals surface area contributed by atoms with Crippen LogP contribution in [0.1, 0.15) is 20.3 Å². The normalized spacial score (nSPS) is 35.2. The highest BCUT2D eigenvalue weighted by molar-refractivity contribution is 14.1. The molecule has 2 nitrogen and oxygen atoms in total. The molecule has 1 heterocycles. The molecule has 0 N–H and O–H groups in total. The van der Waals surface area contributed by atoms with Gasteiger partial charge in [0, 0.05) is 6.21 Å². The van der Waals surface area contributed by atoms with Crippen LogP contribution in [0.4, 0.5) is 0 Å². The minimum absolute atomic E-state index is 0.593. The van der Waals surface area contributed by atoms with Crippen molar-refractivity contribution in [2.24, 2.45) is 11.0 Å². The number of halogens is 1. The summed E-state index contributed by atoms with van der Waals surface area (Å²) in [6.07, 6.45) is 3.11. The van der Waals surface area contributed by atoms with Gasteiger partial charge in [0.25, 0.3) is 0 Å². The van der Waals surface area contributed by atoms with E-state index in [1.807, 2.05) is 9.44 Å². The van der Waals surface area contributed by atoms with E-state index in [0.717, 1.165) is 12.3 Å². The molecule has 1 rings (SSSR count). The summed E-state index contributed by atoms with van der Waals surface area (Å²) in [4.78, 5) is 0. The largest absolute Gasteiger partial charge is 0.234 e.